The van der Waals surface area contributed by atoms with Crippen LogP contribution in [0.2, 0.25) is 5.02 Å². The fraction of sp³-hybridized carbons (Fsp3) is 0.182. The Morgan fingerprint density at radius 2 is 1.62 bits per heavy atom. The van der Waals surface area contributed by atoms with E-state index < -0.39 is 15.6 Å². The summed E-state index contributed by atoms with van der Waals surface area (Å²) in [7, 11) is -2.56. The van der Waals surface area contributed by atoms with Crippen LogP contribution in [0, 0.1) is 0 Å². The maximum atomic E-state index is 12.7. The maximum Gasteiger partial charge on any atom is 0.244 e. The van der Waals surface area contributed by atoms with Gasteiger partial charge in [-0.1, -0.05) is 66.2 Å². The summed E-state index contributed by atoms with van der Waals surface area (Å²) in [6.07, 6.45) is 0. The molecule has 1 atom stereocenters. The van der Waals surface area contributed by atoms with Crippen LogP contribution in [-0.4, -0.2) is 27.2 Å². The number of rotatable bonds is 7. The Morgan fingerprint density at radius 1 is 1.00 bits per heavy atom. The first kappa shape index (κ1) is 21.3. The highest BCUT2D eigenvalue weighted by Crippen LogP contribution is 2.28. The van der Waals surface area contributed by atoms with Gasteiger partial charge in [0.2, 0.25) is 10.0 Å². The standard InChI is InChI=1S/C22H22ClNO4S/c1-22(25,18-10-8-17(9-11-18)16-6-4-3-5-7-16)15-24-29(26,27)21-14-19(23)12-13-20(21)28-2/h3-14,24-25H,15H2,1-2H3. The minimum Gasteiger partial charge on any atom is -0.495 e. The molecule has 0 spiro atoms. The molecule has 29 heavy (non-hydrogen) atoms. The Bertz CT molecular complexity index is 1080. The molecule has 0 radical (unpaired) electrons. The summed E-state index contributed by atoms with van der Waals surface area (Å²) in [5.74, 6) is 0.175. The molecule has 3 aromatic carbocycles. The Morgan fingerprint density at radius 3 is 2.24 bits per heavy atom. The molecule has 3 rings (SSSR count). The van der Waals surface area contributed by atoms with E-state index >= 15 is 0 Å². The maximum absolute atomic E-state index is 12.7. The molecule has 0 heterocycles. The molecule has 7 heteroatoms. The topological polar surface area (TPSA) is 75.6 Å². The van der Waals surface area contributed by atoms with Gasteiger partial charge in [-0.25, -0.2) is 13.1 Å². The zero-order valence-electron chi connectivity index (χ0n) is 16.1. The number of sulfonamides is 1. The van der Waals surface area contributed by atoms with Crippen molar-refractivity contribution in [3.05, 3.63) is 83.4 Å². The summed E-state index contributed by atoms with van der Waals surface area (Å²) < 4.78 is 33.0. The Hall–Kier alpha value is -2.38. The molecule has 5 nitrogen and oxygen atoms in total. The number of ether oxygens (including phenoxy) is 1. The summed E-state index contributed by atoms with van der Waals surface area (Å²) in [5.41, 5.74) is 1.26. The molecule has 152 valence electrons. The number of benzene rings is 3. The summed E-state index contributed by atoms with van der Waals surface area (Å²) in [6, 6.07) is 21.6. The molecule has 3 aromatic rings. The Balaban J connectivity index is 1.78. The van der Waals surface area contributed by atoms with Crippen molar-refractivity contribution in [3.8, 4) is 16.9 Å². The van der Waals surface area contributed by atoms with Crippen molar-refractivity contribution in [1.29, 1.82) is 0 Å². The first-order chi connectivity index (χ1) is 13.7. The van der Waals surface area contributed by atoms with Crippen LogP contribution in [0.15, 0.2) is 77.7 Å². The largest absolute Gasteiger partial charge is 0.495 e. The van der Waals surface area contributed by atoms with Crippen LogP contribution >= 0.6 is 11.6 Å². The van der Waals surface area contributed by atoms with Crippen LogP contribution in [-0.2, 0) is 15.6 Å². The number of hydrogen-bond acceptors (Lipinski definition) is 4. The molecular weight excluding hydrogens is 410 g/mol. The van der Waals surface area contributed by atoms with E-state index in [9.17, 15) is 13.5 Å². The molecular formula is C22H22ClNO4S. The highest BCUT2D eigenvalue weighted by molar-refractivity contribution is 7.89. The molecule has 0 amide bonds. The quantitative estimate of drug-likeness (QED) is 0.587. The number of nitrogens with one attached hydrogen (secondary N) is 1. The van der Waals surface area contributed by atoms with Gasteiger partial charge in [0.1, 0.15) is 16.2 Å². The molecule has 1 unspecified atom stereocenters. The van der Waals surface area contributed by atoms with Crippen molar-refractivity contribution >= 4 is 21.6 Å². The first-order valence-corrected chi connectivity index (χ1v) is 10.8. The molecule has 2 N–H and O–H groups in total. The average Bonchev–Trinajstić information content (AvgIpc) is 2.73. The van der Waals surface area contributed by atoms with Gasteiger partial charge >= 0.3 is 0 Å². The zero-order chi connectivity index (χ0) is 21.1. The number of methoxy groups -OCH3 is 1. The van der Waals surface area contributed by atoms with Crippen LogP contribution in [0.5, 0.6) is 5.75 Å². The van der Waals surface area contributed by atoms with E-state index in [2.05, 4.69) is 4.72 Å². The summed E-state index contributed by atoms with van der Waals surface area (Å²) >= 11 is 5.93. The van der Waals surface area contributed by atoms with Crippen LogP contribution < -0.4 is 9.46 Å². The Kier molecular flexibility index (Phi) is 6.29. The SMILES string of the molecule is COc1ccc(Cl)cc1S(=O)(=O)NCC(C)(O)c1ccc(-c2ccccc2)cc1. The van der Waals surface area contributed by atoms with Gasteiger partial charge in [-0.2, -0.15) is 0 Å². The molecule has 0 aliphatic rings. The third-order valence-corrected chi connectivity index (χ3v) is 6.29. The lowest BCUT2D eigenvalue weighted by Crippen LogP contribution is -2.38. The molecule has 0 fully saturated rings. The van der Waals surface area contributed by atoms with Crippen molar-refractivity contribution < 1.29 is 18.3 Å². The minimum absolute atomic E-state index is 0.0808. The van der Waals surface area contributed by atoms with E-state index in [-0.39, 0.29) is 22.2 Å². The van der Waals surface area contributed by atoms with Crippen LogP contribution in [0.4, 0.5) is 0 Å². The molecule has 0 aliphatic heterocycles. The van der Waals surface area contributed by atoms with Crippen molar-refractivity contribution in [2.45, 2.75) is 17.4 Å². The van der Waals surface area contributed by atoms with E-state index in [0.717, 1.165) is 11.1 Å². The molecule has 0 aromatic heterocycles. The van der Waals surface area contributed by atoms with E-state index in [0.29, 0.717) is 5.56 Å². The van der Waals surface area contributed by atoms with E-state index in [1.807, 2.05) is 42.5 Å². The van der Waals surface area contributed by atoms with Gasteiger partial charge < -0.3 is 9.84 Å². The van der Waals surface area contributed by atoms with Gasteiger partial charge in [0.25, 0.3) is 0 Å². The van der Waals surface area contributed by atoms with Crippen LogP contribution in [0.25, 0.3) is 11.1 Å². The minimum atomic E-state index is -3.94. The summed E-state index contributed by atoms with van der Waals surface area (Å²) in [5, 5.41) is 11.1. The van der Waals surface area contributed by atoms with Crippen molar-refractivity contribution in [2.75, 3.05) is 13.7 Å². The van der Waals surface area contributed by atoms with Gasteiger partial charge in [0.05, 0.1) is 7.11 Å². The van der Waals surface area contributed by atoms with E-state index in [4.69, 9.17) is 16.3 Å². The fourth-order valence-corrected chi connectivity index (χ4v) is 4.49. The summed E-state index contributed by atoms with van der Waals surface area (Å²) in [4.78, 5) is -0.0808. The van der Waals surface area contributed by atoms with Gasteiger partial charge in [0.15, 0.2) is 0 Å². The predicted octanol–water partition coefficient (Wildman–Crippen LogP) is 4.20. The molecule has 0 saturated heterocycles. The smallest absolute Gasteiger partial charge is 0.244 e. The number of halogens is 1. The van der Waals surface area contributed by atoms with E-state index in [1.54, 1.807) is 25.1 Å². The Labute approximate surface area is 176 Å². The predicted molar refractivity (Wildman–Crippen MR) is 115 cm³/mol. The fourth-order valence-electron chi connectivity index (χ4n) is 2.93. The van der Waals surface area contributed by atoms with Gasteiger partial charge in [-0.05, 0) is 41.8 Å². The normalized spacial score (nSPS) is 13.7. The number of hydrogen-bond donors (Lipinski definition) is 2. The van der Waals surface area contributed by atoms with Crippen molar-refractivity contribution in [2.24, 2.45) is 0 Å². The summed E-state index contributed by atoms with van der Waals surface area (Å²) in [6.45, 7) is 1.35. The monoisotopic (exact) mass is 431 g/mol. The molecule has 0 saturated carbocycles. The highest BCUT2D eigenvalue weighted by atomic mass is 35.5. The second-order valence-electron chi connectivity index (χ2n) is 6.84. The molecule has 0 aliphatic carbocycles. The highest BCUT2D eigenvalue weighted by Gasteiger charge is 2.28. The average molecular weight is 432 g/mol. The van der Waals surface area contributed by atoms with Crippen LogP contribution in [0.3, 0.4) is 0 Å². The molecule has 0 bridgehead atoms. The lowest BCUT2D eigenvalue weighted by Gasteiger charge is -2.25. The zero-order valence-corrected chi connectivity index (χ0v) is 17.7. The van der Waals surface area contributed by atoms with Crippen molar-refractivity contribution in [3.63, 3.8) is 0 Å². The number of aliphatic hydroxyl groups is 1. The third kappa shape index (κ3) is 4.97. The second kappa shape index (κ2) is 8.55. The lowest BCUT2D eigenvalue weighted by molar-refractivity contribution is 0.0627. The first-order valence-electron chi connectivity index (χ1n) is 8.94. The van der Waals surface area contributed by atoms with Gasteiger partial charge in [-0.3, -0.25) is 0 Å². The second-order valence-corrected chi connectivity index (χ2v) is 9.01. The van der Waals surface area contributed by atoms with E-state index in [1.165, 1.54) is 19.2 Å². The van der Waals surface area contributed by atoms with Gasteiger partial charge in [-0.15, -0.1) is 0 Å². The lowest BCUT2D eigenvalue weighted by atomic mass is 9.94. The van der Waals surface area contributed by atoms with Crippen molar-refractivity contribution in [1.82, 2.24) is 4.72 Å². The third-order valence-electron chi connectivity index (χ3n) is 4.64. The van der Waals surface area contributed by atoms with Crippen LogP contribution in [0.1, 0.15) is 12.5 Å². The van der Waals surface area contributed by atoms with Gasteiger partial charge in [0, 0.05) is 11.6 Å².